The quantitative estimate of drug-likeness (QED) is 0.657. The van der Waals surface area contributed by atoms with E-state index < -0.39 is 0 Å². The fourth-order valence-electron chi connectivity index (χ4n) is 1.75. The Balaban J connectivity index is 2.65. The molecule has 0 spiro atoms. The fourth-order valence-corrected chi connectivity index (χ4v) is 1.75. The molecule has 1 atom stereocenters. The second-order valence-electron chi connectivity index (χ2n) is 4.34. The molecule has 1 rings (SSSR count). The zero-order valence-corrected chi connectivity index (χ0v) is 9.56. The van der Waals surface area contributed by atoms with Crippen LogP contribution in [0.15, 0.2) is 0 Å². The molecule has 1 heterocycles. The lowest BCUT2D eigenvalue weighted by atomic mass is 10.1. The van der Waals surface area contributed by atoms with E-state index in [0.717, 1.165) is 0 Å². The van der Waals surface area contributed by atoms with Crippen LogP contribution in [0.4, 0.5) is 0 Å². The number of hydrogen-bond donors (Lipinski definition) is 1. The molecule has 0 saturated carbocycles. The summed E-state index contributed by atoms with van der Waals surface area (Å²) in [5, 5.41) is 0. The van der Waals surface area contributed by atoms with E-state index in [1.54, 1.807) is 4.90 Å². The summed E-state index contributed by atoms with van der Waals surface area (Å²) in [5.41, 5.74) is 5.28. The Morgan fingerprint density at radius 2 is 1.93 bits per heavy atom. The van der Waals surface area contributed by atoms with Gasteiger partial charge in [0.15, 0.2) is 0 Å². The van der Waals surface area contributed by atoms with E-state index in [0.29, 0.717) is 19.6 Å². The molecule has 5 nitrogen and oxygen atoms in total. The largest absolute Gasteiger partial charge is 0.368 e. The molecule has 1 fully saturated rings. The van der Waals surface area contributed by atoms with Gasteiger partial charge in [-0.05, 0) is 7.05 Å². The molecule has 5 heteroatoms. The molecule has 0 aromatic heterocycles. The number of hydrogen-bond acceptors (Lipinski definition) is 3. The summed E-state index contributed by atoms with van der Waals surface area (Å²) in [7, 11) is 1.85. The van der Waals surface area contributed by atoms with Crippen molar-refractivity contribution in [1.29, 1.82) is 0 Å². The Hall–Kier alpha value is -1.10. The second kappa shape index (κ2) is 4.61. The minimum absolute atomic E-state index is 0.0260. The van der Waals surface area contributed by atoms with Crippen LogP contribution in [0.5, 0.6) is 0 Å². The van der Waals surface area contributed by atoms with Crippen molar-refractivity contribution in [2.45, 2.75) is 19.9 Å². The molecule has 15 heavy (non-hydrogen) atoms. The molecule has 1 saturated heterocycles. The molecule has 0 aromatic rings. The number of carbonyl (C=O) groups is 2. The number of primary amides is 1. The zero-order chi connectivity index (χ0) is 11.6. The molecule has 0 bridgehead atoms. The van der Waals surface area contributed by atoms with E-state index in [1.165, 1.54) is 0 Å². The van der Waals surface area contributed by atoms with Crippen molar-refractivity contribution in [3.05, 3.63) is 0 Å². The number of rotatable bonds is 2. The van der Waals surface area contributed by atoms with Gasteiger partial charge in [0.05, 0.1) is 0 Å². The maximum Gasteiger partial charge on any atom is 0.236 e. The first-order chi connectivity index (χ1) is 6.93. The second-order valence-corrected chi connectivity index (χ2v) is 4.34. The molecule has 0 aromatic carbocycles. The third kappa shape index (κ3) is 2.68. The van der Waals surface area contributed by atoms with Crippen LogP contribution < -0.4 is 5.73 Å². The average molecular weight is 213 g/mol. The van der Waals surface area contributed by atoms with E-state index in [9.17, 15) is 9.59 Å². The van der Waals surface area contributed by atoms with Gasteiger partial charge in [-0.15, -0.1) is 0 Å². The van der Waals surface area contributed by atoms with Crippen LogP contribution >= 0.6 is 0 Å². The van der Waals surface area contributed by atoms with Crippen LogP contribution in [0.25, 0.3) is 0 Å². The van der Waals surface area contributed by atoms with Gasteiger partial charge < -0.3 is 10.6 Å². The number of amides is 2. The standard InChI is InChI=1S/C10H19N3O2/c1-7(2)10(15)13-5-4-12(3)8(6-13)9(11)14/h7-8H,4-6H2,1-3H3,(H2,11,14)/t8-/m1/s1. The van der Waals surface area contributed by atoms with Crippen molar-refractivity contribution < 1.29 is 9.59 Å². The lowest BCUT2D eigenvalue weighted by Crippen LogP contribution is -2.58. The molecule has 2 amide bonds. The molecule has 0 unspecified atom stereocenters. The molecular formula is C10H19N3O2. The van der Waals surface area contributed by atoms with E-state index >= 15 is 0 Å². The molecule has 86 valence electrons. The molecule has 0 aliphatic carbocycles. The Labute approximate surface area is 90.2 Å². The zero-order valence-electron chi connectivity index (χ0n) is 9.56. The van der Waals surface area contributed by atoms with E-state index in [-0.39, 0.29) is 23.8 Å². The van der Waals surface area contributed by atoms with Gasteiger partial charge >= 0.3 is 0 Å². The van der Waals surface area contributed by atoms with Gasteiger partial charge in [0.25, 0.3) is 0 Å². The highest BCUT2D eigenvalue weighted by molar-refractivity contribution is 5.83. The third-order valence-electron chi connectivity index (χ3n) is 2.78. The topological polar surface area (TPSA) is 66.6 Å². The van der Waals surface area contributed by atoms with Crippen LogP contribution in [0.3, 0.4) is 0 Å². The Morgan fingerprint density at radius 1 is 1.33 bits per heavy atom. The smallest absolute Gasteiger partial charge is 0.236 e. The number of piperazine rings is 1. The van der Waals surface area contributed by atoms with Crippen molar-refractivity contribution in [2.75, 3.05) is 26.7 Å². The average Bonchev–Trinajstić information content (AvgIpc) is 2.16. The molecular weight excluding hydrogens is 194 g/mol. The minimum atomic E-state index is -0.362. The van der Waals surface area contributed by atoms with Gasteiger partial charge in [-0.2, -0.15) is 0 Å². The van der Waals surface area contributed by atoms with E-state index in [2.05, 4.69) is 0 Å². The van der Waals surface area contributed by atoms with Crippen molar-refractivity contribution >= 4 is 11.8 Å². The van der Waals surface area contributed by atoms with Gasteiger partial charge in [-0.25, -0.2) is 0 Å². The summed E-state index contributed by atoms with van der Waals surface area (Å²) in [6.07, 6.45) is 0. The minimum Gasteiger partial charge on any atom is -0.368 e. The van der Waals surface area contributed by atoms with Crippen LogP contribution in [0.2, 0.25) is 0 Å². The summed E-state index contributed by atoms with van der Waals surface area (Å²) in [5.74, 6) is -0.296. The van der Waals surface area contributed by atoms with Gasteiger partial charge in [0, 0.05) is 25.6 Å². The number of likely N-dealkylation sites (N-methyl/N-ethyl adjacent to an activating group) is 1. The maximum absolute atomic E-state index is 11.7. The third-order valence-corrected chi connectivity index (χ3v) is 2.78. The van der Waals surface area contributed by atoms with Crippen LogP contribution in [-0.2, 0) is 9.59 Å². The summed E-state index contributed by atoms with van der Waals surface area (Å²) in [4.78, 5) is 26.5. The molecule has 2 N–H and O–H groups in total. The summed E-state index contributed by atoms with van der Waals surface area (Å²) in [6.45, 7) is 5.52. The van der Waals surface area contributed by atoms with Gasteiger partial charge in [-0.3, -0.25) is 14.5 Å². The highest BCUT2D eigenvalue weighted by Gasteiger charge is 2.31. The Bertz CT molecular complexity index is 265. The monoisotopic (exact) mass is 213 g/mol. The van der Waals surface area contributed by atoms with Gasteiger partial charge in [-0.1, -0.05) is 13.8 Å². The van der Waals surface area contributed by atoms with Crippen LogP contribution in [-0.4, -0.2) is 54.3 Å². The summed E-state index contributed by atoms with van der Waals surface area (Å²) < 4.78 is 0. The fraction of sp³-hybridized carbons (Fsp3) is 0.800. The van der Waals surface area contributed by atoms with Crippen molar-refractivity contribution in [1.82, 2.24) is 9.80 Å². The van der Waals surface area contributed by atoms with Gasteiger partial charge in [0.1, 0.15) is 6.04 Å². The normalized spacial score (nSPS) is 23.2. The number of carbonyl (C=O) groups excluding carboxylic acids is 2. The first kappa shape index (κ1) is 12.0. The first-order valence-corrected chi connectivity index (χ1v) is 5.21. The highest BCUT2D eigenvalue weighted by Crippen LogP contribution is 2.10. The SMILES string of the molecule is CC(C)C(=O)N1CCN(C)[C@@H](C(N)=O)C1. The lowest BCUT2D eigenvalue weighted by Gasteiger charge is -2.38. The molecule has 1 aliphatic heterocycles. The van der Waals surface area contributed by atoms with Crippen molar-refractivity contribution in [3.8, 4) is 0 Å². The molecule has 1 aliphatic rings. The summed E-state index contributed by atoms with van der Waals surface area (Å²) >= 11 is 0. The number of nitrogens with zero attached hydrogens (tertiary/aromatic N) is 2. The van der Waals surface area contributed by atoms with Crippen LogP contribution in [0.1, 0.15) is 13.8 Å². The summed E-state index contributed by atoms with van der Waals surface area (Å²) in [6, 6.07) is -0.346. The maximum atomic E-state index is 11.7. The van der Waals surface area contributed by atoms with Gasteiger partial charge in [0.2, 0.25) is 11.8 Å². The number of nitrogens with two attached hydrogens (primary N) is 1. The lowest BCUT2D eigenvalue weighted by molar-refractivity contribution is -0.139. The van der Waals surface area contributed by atoms with Crippen molar-refractivity contribution in [3.63, 3.8) is 0 Å². The van der Waals surface area contributed by atoms with E-state index in [1.807, 2.05) is 25.8 Å². The van der Waals surface area contributed by atoms with Crippen LogP contribution in [0, 0.1) is 5.92 Å². The highest BCUT2D eigenvalue weighted by atomic mass is 16.2. The predicted octanol–water partition coefficient (Wildman–Crippen LogP) is -0.730. The Kier molecular flexibility index (Phi) is 3.68. The molecule has 0 radical (unpaired) electrons. The predicted molar refractivity (Wildman–Crippen MR) is 57.0 cm³/mol. The first-order valence-electron chi connectivity index (χ1n) is 5.21. The van der Waals surface area contributed by atoms with Crippen molar-refractivity contribution in [2.24, 2.45) is 11.7 Å². The van der Waals surface area contributed by atoms with E-state index in [4.69, 9.17) is 5.73 Å². The Morgan fingerprint density at radius 3 is 2.40 bits per heavy atom.